The molecule has 150 valence electrons. The molecular weight excluding hydrogens is 376 g/mol. The molecule has 6 nitrogen and oxygen atoms in total. The van der Waals surface area contributed by atoms with E-state index in [-0.39, 0.29) is 10.8 Å². The van der Waals surface area contributed by atoms with Gasteiger partial charge in [-0.3, -0.25) is 4.79 Å². The van der Waals surface area contributed by atoms with Crippen molar-refractivity contribution in [2.75, 3.05) is 20.1 Å². The number of piperidine rings is 1. The van der Waals surface area contributed by atoms with Gasteiger partial charge in [-0.05, 0) is 37.5 Å². The van der Waals surface area contributed by atoms with Gasteiger partial charge in [-0.1, -0.05) is 48.0 Å². The molecular formula is C21H26N2O4S. The van der Waals surface area contributed by atoms with Crippen molar-refractivity contribution in [1.29, 1.82) is 0 Å². The second-order valence-electron chi connectivity index (χ2n) is 7.25. The minimum Gasteiger partial charge on any atom is -0.336 e. The molecule has 0 radical (unpaired) electrons. The summed E-state index contributed by atoms with van der Waals surface area (Å²) >= 11 is 0. The SMILES string of the molecule is CC(=O)N(C)C1(c2ccccc2)CCN(OS(=O)(=O)c2ccc(C)cc2)CC1. The fourth-order valence-electron chi connectivity index (χ4n) is 3.68. The van der Waals surface area contributed by atoms with Crippen LogP contribution in [0.3, 0.4) is 0 Å². The third-order valence-electron chi connectivity index (χ3n) is 5.49. The van der Waals surface area contributed by atoms with E-state index in [9.17, 15) is 13.2 Å². The molecule has 1 fully saturated rings. The molecule has 1 aliphatic rings. The van der Waals surface area contributed by atoms with Gasteiger partial charge in [0.2, 0.25) is 5.91 Å². The van der Waals surface area contributed by atoms with E-state index in [2.05, 4.69) is 0 Å². The predicted octanol–water partition coefficient (Wildman–Crippen LogP) is 3.08. The molecule has 0 aromatic heterocycles. The lowest BCUT2D eigenvalue weighted by Gasteiger charge is -2.46. The monoisotopic (exact) mass is 402 g/mol. The van der Waals surface area contributed by atoms with Crippen molar-refractivity contribution in [3.63, 3.8) is 0 Å². The van der Waals surface area contributed by atoms with Crippen LogP contribution in [-0.4, -0.2) is 44.4 Å². The second kappa shape index (κ2) is 8.03. The molecule has 0 bridgehead atoms. The Hall–Kier alpha value is -2.22. The van der Waals surface area contributed by atoms with Crippen LogP contribution < -0.4 is 0 Å². The number of nitrogens with zero attached hydrogens (tertiary/aromatic N) is 2. The van der Waals surface area contributed by atoms with Gasteiger partial charge < -0.3 is 4.90 Å². The molecule has 1 aliphatic heterocycles. The number of aryl methyl sites for hydroxylation is 1. The van der Waals surface area contributed by atoms with Gasteiger partial charge in [-0.2, -0.15) is 17.8 Å². The van der Waals surface area contributed by atoms with Crippen molar-refractivity contribution in [3.8, 4) is 0 Å². The highest BCUT2D eigenvalue weighted by molar-refractivity contribution is 7.86. The van der Waals surface area contributed by atoms with Gasteiger partial charge in [-0.25, -0.2) is 0 Å². The van der Waals surface area contributed by atoms with Gasteiger partial charge in [0.25, 0.3) is 0 Å². The van der Waals surface area contributed by atoms with Crippen LogP contribution >= 0.6 is 0 Å². The fraction of sp³-hybridized carbons (Fsp3) is 0.381. The molecule has 0 N–H and O–H groups in total. The van der Waals surface area contributed by atoms with Crippen LogP contribution in [0.25, 0.3) is 0 Å². The number of hydroxylamine groups is 2. The highest BCUT2D eigenvalue weighted by Gasteiger charge is 2.42. The van der Waals surface area contributed by atoms with Crippen molar-refractivity contribution in [1.82, 2.24) is 9.96 Å². The number of hydrogen-bond acceptors (Lipinski definition) is 5. The maximum atomic E-state index is 12.6. The predicted molar refractivity (Wildman–Crippen MR) is 107 cm³/mol. The van der Waals surface area contributed by atoms with E-state index in [4.69, 9.17) is 4.28 Å². The highest BCUT2D eigenvalue weighted by Crippen LogP contribution is 2.38. The van der Waals surface area contributed by atoms with Crippen molar-refractivity contribution >= 4 is 16.0 Å². The first kappa shape index (κ1) is 20.5. The van der Waals surface area contributed by atoms with Gasteiger partial charge in [0.15, 0.2) is 0 Å². The normalized spacial score (nSPS) is 17.2. The fourth-order valence-corrected chi connectivity index (χ4v) is 4.67. The zero-order valence-electron chi connectivity index (χ0n) is 16.5. The summed E-state index contributed by atoms with van der Waals surface area (Å²) < 4.78 is 30.5. The molecule has 2 aromatic rings. The van der Waals surface area contributed by atoms with Crippen LogP contribution in [0.5, 0.6) is 0 Å². The summed E-state index contributed by atoms with van der Waals surface area (Å²) in [6, 6.07) is 16.5. The quantitative estimate of drug-likeness (QED) is 0.769. The van der Waals surface area contributed by atoms with Gasteiger partial charge in [-0.15, -0.1) is 0 Å². The molecule has 7 heteroatoms. The van der Waals surface area contributed by atoms with E-state index < -0.39 is 15.7 Å². The van der Waals surface area contributed by atoms with Gasteiger partial charge in [0.05, 0.1) is 10.4 Å². The minimum atomic E-state index is -3.87. The van der Waals surface area contributed by atoms with Crippen molar-refractivity contribution < 1.29 is 17.5 Å². The third kappa shape index (κ3) is 4.11. The largest absolute Gasteiger partial charge is 0.336 e. The Bertz CT molecular complexity index is 919. The summed E-state index contributed by atoms with van der Waals surface area (Å²) in [5, 5.41) is 1.48. The van der Waals surface area contributed by atoms with E-state index in [1.54, 1.807) is 43.1 Å². The number of carbonyl (C=O) groups excluding carboxylic acids is 1. The molecule has 1 heterocycles. The first-order chi connectivity index (χ1) is 13.2. The first-order valence-electron chi connectivity index (χ1n) is 9.31. The summed E-state index contributed by atoms with van der Waals surface area (Å²) in [7, 11) is -2.07. The van der Waals surface area contributed by atoms with Gasteiger partial charge >= 0.3 is 10.1 Å². The second-order valence-corrected chi connectivity index (χ2v) is 8.78. The van der Waals surface area contributed by atoms with Gasteiger partial charge in [0.1, 0.15) is 0 Å². The Labute approximate surface area is 166 Å². The summed E-state index contributed by atoms with van der Waals surface area (Å²) in [4.78, 5) is 14.0. The van der Waals surface area contributed by atoms with Crippen LogP contribution in [0.15, 0.2) is 59.5 Å². The molecule has 0 unspecified atom stereocenters. The Morgan fingerprint density at radius 1 is 1.04 bits per heavy atom. The Morgan fingerprint density at radius 3 is 2.14 bits per heavy atom. The Kier molecular flexibility index (Phi) is 5.88. The maximum absolute atomic E-state index is 12.6. The summed E-state index contributed by atoms with van der Waals surface area (Å²) in [5.41, 5.74) is 1.56. The van der Waals surface area contributed by atoms with E-state index in [1.807, 2.05) is 37.3 Å². The number of amides is 1. The average molecular weight is 403 g/mol. The summed E-state index contributed by atoms with van der Waals surface area (Å²) in [5.74, 6) is -0.0227. The Balaban J connectivity index is 1.77. The first-order valence-corrected chi connectivity index (χ1v) is 10.7. The van der Waals surface area contributed by atoms with Crippen LogP contribution in [-0.2, 0) is 24.7 Å². The smallest absolute Gasteiger partial charge is 0.313 e. The number of hydrogen-bond donors (Lipinski definition) is 0. The number of rotatable bonds is 5. The summed E-state index contributed by atoms with van der Waals surface area (Å²) in [6.45, 7) is 4.25. The molecule has 1 saturated heterocycles. The molecule has 0 saturated carbocycles. The van der Waals surface area contributed by atoms with Crippen molar-refractivity contribution in [2.24, 2.45) is 0 Å². The maximum Gasteiger partial charge on any atom is 0.313 e. The molecule has 0 aliphatic carbocycles. The molecule has 3 rings (SSSR count). The average Bonchev–Trinajstić information content (AvgIpc) is 2.69. The Morgan fingerprint density at radius 2 is 1.61 bits per heavy atom. The van der Waals surface area contributed by atoms with E-state index in [1.165, 1.54) is 5.06 Å². The standard InChI is InChI=1S/C21H26N2O4S/c1-17-9-11-20(12-10-17)28(25,26)27-23-15-13-21(14-16-23,22(3)18(2)24)19-7-5-4-6-8-19/h4-12H,13-16H2,1-3H3. The molecule has 0 atom stereocenters. The van der Waals surface area contributed by atoms with E-state index in [0.717, 1.165) is 11.1 Å². The van der Waals surface area contributed by atoms with Crippen LogP contribution in [0.1, 0.15) is 30.9 Å². The zero-order valence-corrected chi connectivity index (χ0v) is 17.3. The zero-order chi connectivity index (χ0) is 20.4. The van der Waals surface area contributed by atoms with Crippen LogP contribution in [0.2, 0.25) is 0 Å². The topological polar surface area (TPSA) is 66.9 Å². The molecule has 2 aromatic carbocycles. The van der Waals surface area contributed by atoms with Crippen LogP contribution in [0.4, 0.5) is 0 Å². The van der Waals surface area contributed by atoms with Crippen molar-refractivity contribution in [3.05, 3.63) is 65.7 Å². The van der Waals surface area contributed by atoms with Crippen LogP contribution in [0, 0.1) is 6.92 Å². The number of benzene rings is 2. The number of carbonyl (C=O) groups is 1. The molecule has 28 heavy (non-hydrogen) atoms. The van der Waals surface area contributed by atoms with Gasteiger partial charge in [0, 0.05) is 27.1 Å². The highest BCUT2D eigenvalue weighted by atomic mass is 32.2. The molecule has 1 amide bonds. The summed E-state index contributed by atoms with van der Waals surface area (Å²) in [6.07, 6.45) is 1.16. The van der Waals surface area contributed by atoms with Crippen molar-refractivity contribution in [2.45, 2.75) is 37.1 Å². The van der Waals surface area contributed by atoms with E-state index >= 15 is 0 Å². The molecule has 0 spiro atoms. The lowest BCUT2D eigenvalue weighted by Crippen LogP contribution is -2.53. The third-order valence-corrected chi connectivity index (χ3v) is 6.74. The lowest BCUT2D eigenvalue weighted by atomic mass is 9.80. The lowest BCUT2D eigenvalue weighted by molar-refractivity contribution is -0.143. The minimum absolute atomic E-state index is 0.0227. The van der Waals surface area contributed by atoms with E-state index in [0.29, 0.717) is 25.9 Å².